The third kappa shape index (κ3) is 3.72. The third-order valence-corrected chi connectivity index (χ3v) is 4.35. The minimum absolute atomic E-state index is 0.0685. The molecule has 0 atom stereocenters. The number of rotatable bonds is 3. The van der Waals surface area contributed by atoms with E-state index in [2.05, 4.69) is 10.4 Å². The zero-order valence-corrected chi connectivity index (χ0v) is 15.6. The van der Waals surface area contributed by atoms with E-state index >= 15 is 0 Å². The molecule has 0 aliphatic carbocycles. The van der Waals surface area contributed by atoms with E-state index in [-0.39, 0.29) is 34.6 Å². The molecule has 0 radical (unpaired) electrons. The van der Waals surface area contributed by atoms with Crippen LogP contribution < -0.4 is 5.32 Å². The number of nitrogens with zero attached hydrogens (tertiary/aromatic N) is 3. The molecule has 1 aromatic carbocycles. The SMILES string of the molecule is CC(C)(C)NC(=O)c1cc2n(n1)CCN(Cc1c(F)cccc1Cl)C2=O. The number of hydrogen-bond acceptors (Lipinski definition) is 3. The standard InChI is InChI=1S/C18H20ClFN4O2/c1-18(2,3)21-16(25)14-9-15-17(26)23(7-8-24(15)22-14)10-11-12(19)5-4-6-13(11)20/h4-6,9H,7-8,10H2,1-3H3,(H,21,25). The fraction of sp³-hybridized carbons (Fsp3) is 0.389. The van der Waals surface area contributed by atoms with Crippen molar-refractivity contribution < 1.29 is 14.0 Å². The van der Waals surface area contributed by atoms with Gasteiger partial charge < -0.3 is 10.2 Å². The highest BCUT2D eigenvalue weighted by atomic mass is 35.5. The van der Waals surface area contributed by atoms with Gasteiger partial charge >= 0.3 is 0 Å². The Bertz CT molecular complexity index is 852. The van der Waals surface area contributed by atoms with E-state index in [4.69, 9.17) is 11.6 Å². The molecule has 3 rings (SSSR count). The molecule has 1 N–H and O–H groups in total. The van der Waals surface area contributed by atoms with Gasteiger partial charge in [-0.15, -0.1) is 0 Å². The summed E-state index contributed by atoms with van der Waals surface area (Å²) in [6.07, 6.45) is 0. The number of benzene rings is 1. The largest absolute Gasteiger partial charge is 0.346 e. The molecular weight excluding hydrogens is 359 g/mol. The molecule has 1 aliphatic heterocycles. The predicted octanol–water partition coefficient (Wildman–Crippen LogP) is 2.86. The molecule has 1 aromatic heterocycles. The molecule has 0 saturated carbocycles. The fourth-order valence-electron chi connectivity index (χ4n) is 2.78. The van der Waals surface area contributed by atoms with Gasteiger partial charge in [0.15, 0.2) is 5.69 Å². The summed E-state index contributed by atoms with van der Waals surface area (Å²) in [5.74, 6) is -1.09. The van der Waals surface area contributed by atoms with Crippen molar-refractivity contribution >= 4 is 23.4 Å². The Morgan fingerprint density at radius 1 is 1.35 bits per heavy atom. The maximum Gasteiger partial charge on any atom is 0.272 e. The minimum atomic E-state index is -0.449. The number of fused-ring (bicyclic) bond motifs is 1. The van der Waals surface area contributed by atoms with E-state index < -0.39 is 11.4 Å². The number of carbonyl (C=O) groups excluding carboxylic acids is 2. The number of amides is 2. The molecule has 0 saturated heterocycles. The van der Waals surface area contributed by atoms with Crippen LogP contribution in [0.25, 0.3) is 0 Å². The number of nitrogens with one attached hydrogen (secondary N) is 1. The molecule has 2 aromatic rings. The minimum Gasteiger partial charge on any atom is -0.346 e. The molecule has 2 amide bonds. The van der Waals surface area contributed by atoms with E-state index in [1.807, 2.05) is 20.8 Å². The molecule has 1 aliphatic rings. The van der Waals surface area contributed by atoms with Crippen molar-refractivity contribution in [2.75, 3.05) is 6.54 Å². The predicted molar refractivity (Wildman–Crippen MR) is 95.6 cm³/mol. The van der Waals surface area contributed by atoms with Gasteiger partial charge in [0.05, 0.1) is 13.1 Å². The second-order valence-corrected chi connectivity index (χ2v) is 7.68. The zero-order chi connectivity index (χ0) is 19.1. The lowest BCUT2D eigenvalue weighted by Crippen LogP contribution is -2.41. The van der Waals surface area contributed by atoms with Gasteiger partial charge in [0.25, 0.3) is 11.8 Å². The Labute approximate surface area is 155 Å². The molecule has 0 spiro atoms. The second kappa shape index (κ2) is 6.72. The van der Waals surface area contributed by atoms with Crippen LogP contribution in [0.15, 0.2) is 24.3 Å². The van der Waals surface area contributed by atoms with Gasteiger partial charge in [-0.05, 0) is 32.9 Å². The third-order valence-electron chi connectivity index (χ3n) is 4.00. The van der Waals surface area contributed by atoms with E-state index in [0.717, 1.165) is 0 Å². The van der Waals surface area contributed by atoms with Crippen LogP contribution in [0.4, 0.5) is 4.39 Å². The van der Waals surface area contributed by atoms with Crippen LogP contribution in [-0.2, 0) is 13.1 Å². The highest BCUT2D eigenvalue weighted by Gasteiger charge is 2.29. The quantitative estimate of drug-likeness (QED) is 0.893. The summed E-state index contributed by atoms with van der Waals surface area (Å²) in [7, 11) is 0. The van der Waals surface area contributed by atoms with Crippen LogP contribution in [0, 0.1) is 5.82 Å². The Morgan fingerprint density at radius 3 is 2.73 bits per heavy atom. The van der Waals surface area contributed by atoms with Gasteiger partial charge in [-0.2, -0.15) is 5.10 Å². The monoisotopic (exact) mass is 378 g/mol. The molecule has 6 nitrogen and oxygen atoms in total. The Balaban J connectivity index is 1.81. The lowest BCUT2D eigenvalue weighted by molar-refractivity contribution is 0.0681. The van der Waals surface area contributed by atoms with Gasteiger partial charge in [-0.3, -0.25) is 14.3 Å². The van der Waals surface area contributed by atoms with Crippen molar-refractivity contribution in [3.63, 3.8) is 0 Å². The molecule has 2 heterocycles. The Hall–Kier alpha value is -2.41. The first-order chi connectivity index (χ1) is 12.2. The molecule has 0 unspecified atom stereocenters. The lowest BCUT2D eigenvalue weighted by Gasteiger charge is -2.27. The van der Waals surface area contributed by atoms with E-state index in [1.165, 1.54) is 27.8 Å². The first kappa shape index (κ1) is 18.4. The highest BCUT2D eigenvalue weighted by Crippen LogP contribution is 2.23. The van der Waals surface area contributed by atoms with Crippen LogP contribution in [-0.4, -0.2) is 38.6 Å². The summed E-state index contributed by atoms with van der Waals surface area (Å²) in [4.78, 5) is 26.5. The van der Waals surface area contributed by atoms with E-state index in [9.17, 15) is 14.0 Å². The average molecular weight is 379 g/mol. The topological polar surface area (TPSA) is 67.2 Å². The van der Waals surface area contributed by atoms with Gasteiger partial charge in [0.1, 0.15) is 11.5 Å². The van der Waals surface area contributed by atoms with Gasteiger partial charge in [-0.25, -0.2) is 4.39 Å². The van der Waals surface area contributed by atoms with Crippen molar-refractivity contribution in [2.45, 2.75) is 39.4 Å². The van der Waals surface area contributed by atoms with Crippen molar-refractivity contribution in [2.24, 2.45) is 0 Å². The van der Waals surface area contributed by atoms with Crippen molar-refractivity contribution in [3.05, 3.63) is 52.1 Å². The van der Waals surface area contributed by atoms with Crippen LogP contribution in [0.5, 0.6) is 0 Å². The van der Waals surface area contributed by atoms with E-state index in [0.29, 0.717) is 18.8 Å². The smallest absolute Gasteiger partial charge is 0.272 e. The molecule has 26 heavy (non-hydrogen) atoms. The van der Waals surface area contributed by atoms with Crippen molar-refractivity contribution in [1.29, 1.82) is 0 Å². The average Bonchev–Trinajstić information content (AvgIpc) is 2.97. The highest BCUT2D eigenvalue weighted by molar-refractivity contribution is 6.31. The molecule has 138 valence electrons. The van der Waals surface area contributed by atoms with Gasteiger partial charge in [0.2, 0.25) is 0 Å². The number of halogens is 2. The zero-order valence-electron chi connectivity index (χ0n) is 14.8. The number of carbonyl (C=O) groups is 2. The first-order valence-electron chi connectivity index (χ1n) is 8.28. The summed E-state index contributed by atoms with van der Waals surface area (Å²) < 4.78 is 15.5. The normalized spacial score (nSPS) is 14.3. The molecule has 8 heteroatoms. The second-order valence-electron chi connectivity index (χ2n) is 7.27. The Kier molecular flexibility index (Phi) is 4.75. The van der Waals surface area contributed by atoms with Crippen molar-refractivity contribution in [3.8, 4) is 0 Å². The van der Waals surface area contributed by atoms with Gasteiger partial charge in [-0.1, -0.05) is 17.7 Å². The summed E-state index contributed by atoms with van der Waals surface area (Å²) in [5, 5.41) is 7.32. The Morgan fingerprint density at radius 2 is 2.08 bits per heavy atom. The summed E-state index contributed by atoms with van der Waals surface area (Å²) in [6, 6.07) is 5.90. The van der Waals surface area contributed by atoms with Crippen LogP contribution in [0.1, 0.15) is 47.3 Å². The maximum atomic E-state index is 14.0. The molecular formula is C18H20ClFN4O2. The fourth-order valence-corrected chi connectivity index (χ4v) is 3.00. The lowest BCUT2D eigenvalue weighted by atomic mass is 10.1. The van der Waals surface area contributed by atoms with Crippen LogP contribution in [0.3, 0.4) is 0 Å². The van der Waals surface area contributed by atoms with Crippen LogP contribution >= 0.6 is 11.6 Å². The summed E-state index contributed by atoms with van der Waals surface area (Å²) >= 11 is 6.06. The maximum absolute atomic E-state index is 14.0. The number of hydrogen-bond donors (Lipinski definition) is 1. The number of aromatic nitrogens is 2. The first-order valence-corrected chi connectivity index (χ1v) is 8.66. The van der Waals surface area contributed by atoms with Crippen molar-refractivity contribution in [1.82, 2.24) is 20.0 Å². The molecule has 0 fully saturated rings. The summed E-state index contributed by atoms with van der Waals surface area (Å²) in [6.45, 7) is 6.46. The van der Waals surface area contributed by atoms with E-state index in [1.54, 1.807) is 6.07 Å². The summed E-state index contributed by atoms with van der Waals surface area (Å²) in [5.41, 5.74) is 0.372. The van der Waals surface area contributed by atoms with Gasteiger partial charge in [0, 0.05) is 28.7 Å². The molecule has 0 bridgehead atoms. The van der Waals surface area contributed by atoms with Crippen LogP contribution in [0.2, 0.25) is 5.02 Å².